The molecule has 110 valence electrons. The summed E-state index contributed by atoms with van der Waals surface area (Å²) in [6.45, 7) is 6.28. The van der Waals surface area contributed by atoms with Gasteiger partial charge in [-0.15, -0.1) is 0 Å². The maximum atomic E-state index is 3.87. The Labute approximate surface area is 119 Å². The molecule has 3 rings (SSSR count). The summed E-state index contributed by atoms with van der Waals surface area (Å²) >= 11 is 0. The van der Waals surface area contributed by atoms with Crippen LogP contribution in [0, 0.1) is 11.8 Å². The summed E-state index contributed by atoms with van der Waals surface area (Å²) in [5.41, 5.74) is 0. The molecule has 2 saturated carbocycles. The monoisotopic (exact) mass is 264 g/mol. The van der Waals surface area contributed by atoms with Crippen molar-refractivity contribution in [2.24, 2.45) is 11.8 Å². The highest BCUT2D eigenvalue weighted by atomic mass is 15.2. The average Bonchev–Trinajstić information content (AvgIpc) is 3.22. The van der Waals surface area contributed by atoms with Crippen LogP contribution in [0.2, 0.25) is 0 Å². The van der Waals surface area contributed by atoms with Crippen LogP contribution < -0.4 is 5.32 Å². The van der Waals surface area contributed by atoms with Crippen LogP contribution in [0.3, 0.4) is 0 Å². The van der Waals surface area contributed by atoms with E-state index < -0.39 is 0 Å². The first kappa shape index (κ1) is 13.9. The molecule has 3 aliphatic rings. The van der Waals surface area contributed by atoms with Crippen LogP contribution in [0.15, 0.2) is 0 Å². The van der Waals surface area contributed by atoms with Gasteiger partial charge in [0, 0.05) is 18.6 Å². The van der Waals surface area contributed by atoms with Crippen molar-refractivity contribution in [3.8, 4) is 0 Å². The summed E-state index contributed by atoms with van der Waals surface area (Å²) in [4.78, 5) is 2.85. The molecule has 2 heteroatoms. The Kier molecular flexibility index (Phi) is 4.81. The Balaban J connectivity index is 1.54. The summed E-state index contributed by atoms with van der Waals surface area (Å²) in [7, 11) is 0. The van der Waals surface area contributed by atoms with Crippen LogP contribution >= 0.6 is 0 Å². The second-order valence-electron chi connectivity index (χ2n) is 7.16. The first-order valence-electron chi connectivity index (χ1n) is 8.86. The normalized spacial score (nSPS) is 38.1. The number of nitrogens with one attached hydrogen (secondary N) is 1. The summed E-state index contributed by atoms with van der Waals surface area (Å²) in [6.07, 6.45) is 13.1. The van der Waals surface area contributed by atoms with Crippen molar-refractivity contribution in [3.63, 3.8) is 0 Å². The van der Waals surface area contributed by atoms with Gasteiger partial charge in [-0.05, 0) is 57.0 Å². The van der Waals surface area contributed by atoms with Crippen molar-refractivity contribution in [1.29, 1.82) is 0 Å². The van der Waals surface area contributed by atoms with Crippen molar-refractivity contribution >= 4 is 0 Å². The standard InChI is InChI=1S/C17H32N2/c1-2-7-15-12-17(15)19-11-6-10-18-16(13-19)14-8-4-3-5-9-14/h14-18H,2-13H2,1H3. The molecule has 0 aromatic rings. The van der Waals surface area contributed by atoms with E-state index in [0.717, 1.165) is 23.9 Å². The molecule has 1 heterocycles. The van der Waals surface area contributed by atoms with Crippen LogP contribution in [0.1, 0.15) is 64.7 Å². The molecule has 2 nitrogen and oxygen atoms in total. The molecular formula is C17H32N2. The van der Waals surface area contributed by atoms with Gasteiger partial charge >= 0.3 is 0 Å². The molecule has 0 aromatic carbocycles. The van der Waals surface area contributed by atoms with Crippen LogP contribution in [-0.4, -0.2) is 36.6 Å². The van der Waals surface area contributed by atoms with E-state index in [-0.39, 0.29) is 0 Å². The Morgan fingerprint density at radius 3 is 2.74 bits per heavy atom. The van der Waals surface area contributed by atoms with Crippen molar-refractivity contribution in [1.82, 2.24) is 10.2 Å². The van der Waals surface area contributed by atoms with Gasteiger partial charge in [0.15, 0.2) is 0 Å². The zero-order valence-electron chi connectivity index (χ0n) is 12.7. The van der Waals surface area contributed by atoms with Gasteiger partial charge in [0.25, 0.3) is 0 Å². The molecule has 3 atom stereocenters. The molecule has 1 aliphatic heterocycles. The highest BCUT2D eigenvalue weighted by Gasteiger charge is 2.42. The molecule has 3 unspecified atom stereocenters. The highest BCUT2D eigenvalue weighted by molar-refractivity contribution is 4.97. The summed E-state index contributed by atoms with van der Waals surface area (Å²) < 4.78 is 0. The number of hydrogen-bond acceptors (Lipinski definition) is 2. The van der Waals surface area contributed by atoms with Gasteiger partial charge in [0.1, 0.15) is 0 Å². The quantitative estimate of drug-likeness (QED) is 0.837. The van der Waals surface area contributed by atoms with Gasteiger partial charge in [0.2, 0.25) is 0 Å². The second-order valence-corrected chi connectivity index (χ2v) is 7.16. The zero-order valence-corrected chi connectivity index (χ0v) is 12.7. The van der Waals surface area contributed by atoms with Crippen LogP contribution in [0.25, 0.3) is 0 Å². The van der Waals surface area contributed by atoms with Crippen molar-refractivity contribution in [3.05, 3.63) is 0 Å². The third kappa shape index (κ3) is 3.52. The summed E-state index contributed by atoms with van der Waals surface area (Å²) in [5.74, 6) is 2.01. The van der Waals surface area contributed by atoms with E-state index in [0.29, 0.717) is 0 Å². The van der Waals surface area contributed by atoms with E-state index in [9.17, 15) is 0 Å². The van der Waals surface area contributed by atoms with Crippen molar-refractivity contribution < 1.29 is 0 Å². The minimum Gasteiger partial charge on any atom is -0.312 e. The van der Waals surface area contributed by atoms with Crippen molar-refractivity contribution in [2.75, 3.05) is 19.6 Å². The Hall–Kier alpha value is -0.0800. The van der Waals surface area contributed by atoms with Gasteiger partial charge in [-0.1, -0.05) is 32.6 Å². The zero-order chi connectivity index (χ0) is 13.1. The van der Waals surface area contributed by atoms with E-state index in [1.807, 2.05) is 0 Å². The van der Waals surface area contributed by atoms with Gasteiger partial charge in [0.05, 0.1) is 0 Å². The molecule has 0 radical (unpaired) electrons. The topological polar surface area (TPSA) is 15.3 Å². The van der Waals surface area contributed by atoms with Gasteiger partial charge < -0.3 is 5.32 Å². The van der Waals surface area contributed by atoms with E-state index in [1.54, 1.807) is 0 Å². The highest BCUT2D eigenvalue weighted by Crippen LogP contribution is 2.40. The molecule has 0 amide bonds. The van der Waals surface area contributed by atoms with E-state index >= 15 is 0 Å². The lowest BCUT2D eigenvalue weighted by atomic mass is 9.83. The third-order valence-corrected chi connectivity index (χ3v) is 5.69. The van der Waals surface area contributed by atoms with E-state index in [4.69, 9.17) is 0 Å². The van der Waals surface area contributed by atoms with Gasteiger partial charge in [-0.3, -0.25) is 4.90 Å². The Bertz CT molecular complexity index is 272. The molecule has 2 aliphatic carbocycles. The smallest absolute Gasteiger partial charge is 0.0223 e. The lowest BCUT2D eigenvalue weighted by Gasteiger charge is -2.33. The molecule has 19 heavy (non-hydrogen) atoms. The van der Waals surface area contributed by atoms with Gasteiger partial charge in [-0.25, -0.2) is 0 Å². The first-order chi connectivity index (χ1) is 9.38. The number of hydrogen-bond donors (Lipinski definition) is 1. The minimum absolute atomic E-state index is 0.797. The fraction of sp³-hybridized carbons (Fsp3) is 1.00. The second kappa shape index (κ2) is 6.58. The Morgan fingerprint density at radius 1 is 1.11 bits per heavy atom. The van der Waals surface area contributed by atoms with Gasteiger partial charge in [-0.2, -0.15) is 0 Å². The SMILES string of the molecule is CCCC1CC1N1CCCNC(C2CCCCC2)C1. The van der Waals surface area contributed by atoms with E-state index in [1.165, 1.54) is 77.4 Å². The number of rotatable bonds is 4. The van der Waals surface area contributed by atoms with Crippen LogP contribution in [-0.2, 0) is 0 Å². The first-order valence-corrected chi connectivity index (χ1v) is 8.86. The number of nitrogens with zero attached hydrogens (tertiary/aromatic N) is 1. The lowest BCUT2D eigenvalue weighted by Crippen LogP contribution is -2.44. The molecule has 1 saturated heterocycles. The molecule has 1 N–H and O–H groups in total. The van der Waals surface area contributed by atoms with Crippen molar-refractivity contribution in [2.45, 2.75) is 76.8 Å². The largest absolute Gasteiger partial charge is 0.312 e. The van der Waals surface area contributed by atoms with Crippen LogP contribution in [0.4, 0.5) is 0 Å². The molecule has 3 fully saturated rings. The predicted octanol–water partition coefficient (Wildman–Crippen LogP) is 3.42. The third-order valence-electron chi connectivity index (χ3n) is 5.69. The minimum atomic E-state index is 0.797. The Morgan fingerprint density at radius 2 is 1.95 bits per heavy atom. The summed E-state index contributed by atoms with van der Waals surface area (Å²) in [6, 6.07) is 1.75. The predicted molar refractivity (Wildman–Crippen MR) is 81.4 cm³/mol. The fourth-order valence-electron chi connectivity index (χ4n) is 4.49. The van der Waals surface area contributed by atoms with E-state index in [2.05, 4.69) is 17.1 Å². The maximum Gasteiger partial charge on any atom is 0.0223 e. The average molecular weight is 264 g/mol. The molecule has 0 aromatic heterocycles. The lowest BCUT2D eigenvalue weighted by molar-refractivity contribution is 0.194. The molecular weight excluding hydrogens is 232 g/mol. The molecule has 0 bridgehead atoms. The summed E-state index contributed by atoms with van der Waals surface area (Å²) in [5, 5.41) is 3.87. The fourth-order valence-corrected chi connectivity index (χ4v) is 4.49. The maximum absolute atomic E-state index is 3.87. The van der Waals surface area contributed by atoms with Crippen LogP contribution in [0.5, 0.6) is 0 Å². The molecule has 0 spiro atoms.